The zero-order valence-corrected chi connectivity index (χ0v) is 15.1. The first-order valence-corrected chi connectivity index (χ1v) is 9.30. The zero-order chi connectivity index (χ0) is 16.1. The van der Waals surface area contributed by atoms with E-state index in [2.05, 4.69) is 32.7 Å². The van der Waals surface area contributed by atoms with Crippen LogP contribution in [0.2, 0.25) is 0 Å². The number of carbonyl (C=O) groups is 1. The minimum absolute atomic E-state index is 0.173. The standard InChI is InChI=1S/C17H22N2OS2/c1-12(2)19(13(3)4)16(20)11-22-17-18-15(10-21-17)14-8-6-5-7-9-14/h5-10,12-13H,11H2,1-4H3. The van der Waals surface area contributed by atoms with Gasteiger partial charge < -0.3 is 4.90 Å². The topological polar surface area (TPSA) is 33.2 Å². The lowest BCUT2D eigenvalue weighted by Crippen LogP contribution is -2.43. The molecular formula is C17H22N2OS2. The van der Waals surface area contributed by atoms with Crippen LogP contribution in [0.1, 0.15) is 27.7 Å². The van der Waals surface area contributed by atoms with E-state index >= 15 is 0 Å². The Hall–Kier alpha value is -1.33. The molecule has 2 aromatic rings. The lowest BCUT2D eigenvalue weighted by molar-refractivity contribution is -0.131. The Balaban J connectivity index is 1.98. The number of amides is 1. The van der Waals surface area contributed by atoms with E-state index in [1.807, 2.05) is 40.6 Å². The molecule has 118 valence electrons. The van der Waals surface area contributed by atoms with Crippen LogP contribution in [-0.2, 0) is 4.79 Å². The van der Waals surface area contributed by atoms with Gasteiger partial charge in [0.25, 0.3) is 0 Å². The Bertz CT molecular complexity index is 600. The number of benzene rings is 1. The molecule has 0 bridgehead atoms. The van der Waals surface area contributed by atoms with Crippen LogP contribution in [0.3, 0.4) is 0 Å². The van der Waals surface area contributed by atoms with Gasteiger partial charge >= 0.3 is 0 Å². The second-order valence-electron chi connectivity index (χ2n) is 5.64. The Kier molecular flexibility index (Phi) is 6.03. The van der Waals surface area contributed by atoms with Crippen molar-refractivity contribution in [3.05, 3.63) is 35.7 Å². The van der Waals surface area contributed by atoms with Crippen LogP contribution in [-0.4, -0.2) is 33.6 Å². The fourth-order valence-electron chi connectivity index (χ4n) is 2.44. The first-order valence-electron chi connectivity index (χ1n) is 7.44. The van der Waals surface area contributed by atoms with Gasteiger partial charge in [0.15, 0.2) is 4.34 Å². The quantitative estimate of drug-likeness (QED) is 0.727. The summed E-state index contributed by atoms with van der Waals surface area (Å²) in [4.78, 5) is 18.9. The van der Waals surface area contributed by atoms with Gasteiger partial charge in [-0.15, -0.1) is 11.3 Å². The number of hydrogen-bond donors (Lipinski definition) is 0. The Morgan fingerprint density at radius 2 is 1.82 bits per heavy atom. The van der Waals surface area contributed by atoms with Crippen LogP contribution in [0.25, 0.3) is 11.3 Å². The van der Waals surface area contributed by atoms with Crippen molar-refractivity contribution in [1.29, 1.82) is 0 Å². The van der Waals surface area contributed by atoms with Crippen LogP contribution < -0.4 is 0 Å². The molecule has 1 aromatic heterocycles. The van der Waals surface area contributed by atoms with Crippen LogP contribution in [0.5, 0.6) is 0 Å². The molecule has 0 radical (unpaired) electrons. The van der Waals surface area contributed by atoms with E-state index in [1.54, 1.807) is 11.3 Å². The summed E-state index contributed by atoms with van der Waals surface area (Å²) in [6.45, 7) is 8.22. The van der Waals surface area contributed by atoms with Gasteiger partial charge in [-0.3, -0.25) is 4.79 Å². The van der Waals surface area contributed by atoms with E-state index in [9.17, 15) is 4.79 Å². The molecule has 0 aliphatic rings. The summed E-state index contributed by atoms with van der Waals surface area (Å²) in [7, 11) is 0. The summed E-state index contributed by atoms with van der Waals surface area (Å²) in [5.41, 5.74) is 2.09. The van der Waals surface area contributed by atoms with Crippen molar-refractivity contribution in [2.75, 3.05) is 5.75 Å². The summed E-state index contributed by atoms with van der Waals surface area (Å²) in [5.74, 6) is 0.615. The van der Waals surface area contributed by atoms with Gasteiger partial charge in [-0.05, 0) is 27.7 Å². The summed E-state index contributed by atoms with van der Waals surface area (Å²) in [6, 6.07) is 10.6. The molecule has 1 amide bonds. The van der Waals surface area contributed by atoms with Crippen LogP contribution in [0.4, 0.5) is 0 Å². The fraction of sp³-hybridized carbons (Fsp3) is 0.412. The Labute approximate surface area is 140 Å². The predicted octanol–water partition coefficient (Wildman–Crippen LogP) is 4.55. The van der Waals surface area contributed by atoms with Gasteiger partial charge in [0.1, 0.15) is 0 Å². The molecule has 0 atom stereocenters. The van der Waals surface area contributed by atoms with Crippen LogP contribution in [0, 0.1) is 0 Å². The summed E-state index contributed by atoms with van der Waals surface area (Å²) in [5, 5.41) is 2.05. The van der Waals surface area contributed by atoms with E-state index in [-0.39, 0.29) is 18.0 Å². The van der Waals surface area contributed by atoms with Crippen LogP contribution >= 0.6 is 23.1 Å². The van der Waals surface area contributed by atoms with E-state index in [0.29, 0.717) is 5.75 Å². The zero-order valence-electron chi connectivity index (χ0n) is 13.4. The van der Waals surface area contributed by atoms with Crippen molar-refractivity contribution in [2.24, 2.45) is 0 Å². The van der Waals surface area contributed by atoms with E-state index in [0.717, 1.165) is 15.6 Å². The molecule has 1 aromatic carbocycles. The second kappa shape index (κ2) is 7.79. The van der Waals surface area contributed by atoms with Crippen molar-refractivity contribution in [3.63, 3.8) is 0 Å². The molecule has 5 heteroatoms. The van der Waals surface area contributed by atoms with Gasteiger partial charge in [-0.1, -0.05) is 42.1 Å². The molecular weight excluding hydrogens is 312 g/mol. The molecule has 0 saturated carbocycles. The highest BCUT2D eigenvalue weighted by molar-refractivity contribution is 8.01. The van der Waals surface area contributed by atoms with E-state index in [4.69, 9.17) is 0 Å². The monoisotopic (exact) mass is 334 g/mol. The highest BCUT2D eigenvalue weighted by atomic mass is 32.2. The largest absolute Gasteiger partial charge is 0.337 e. The third-order valence-electron chi connectivity index (χ3n) is 3.27. The van der Waals surface area contributed by atoms with E-state index in [1.165, 1.54) is 11.8 Å². The van der Waals surface area contributed by atoms with E-state index < -0.39 is 0 Å². The molecule has 0 spiro atoms. The molecule has 0 unspecified atom stereocenters. The maximum Gasteiger partial charge on any atom is 0.233 e. The number of nitrogens with zero attached hydrogens (tertiary/aromatic N) is 2. The normalized spacial score (nSPS) is 11.2. The molecule has 0 saturated heterocycles. The van der Waals surface area contributed by atoms with Gasteiger partial charge in [-0.2, -0.15) is 0 Å². The number of carbonyl (C=O) groups excluding carboxylic acids is 1. The molecule has 1 heterocycles. The lowest BCUT2D eigenvalue weighted by Gasteiger charge is -2.30. The summed E-state index contributed by atoms with van der Waals surface area (Å²) in [6.07, 6.45) is 0. The van der Waals surface area contributed by atoms with Crippen molar-refractivity contribution in [1.82, 2.24) is 9.88 Å². The highest BCUT2D eigenvalue weighted by Gasteiger charge is 2.20. The summed E-state index contributed by atoms with van der Waals surface area (Å²) >= 11 is 3.12. The Morgan fingerprint density at radius 1 is 1.18 bits per heavy atom. The summed E-state index contributed by atoms with van der Waals surface area (Å²) < 4.78 is 0.944. The molecule has 0 aliphatic heterocycles. The van der Waals surface area contributed by atoms with Crippen LogP contribution in [0.15, 0.2) is 40.1 Å². The second-order valence-corrected chi connectivity index (χ2v) is 7.72. The first kappa shape index (κ1) is 17.0. The average Bonchev–Trinajstić information content (AvgIpc) is 2.94. The third-order valence-corrected chi connectivity index (χ3v) is 5.28. The van der Waals surface area contributed by atoms with Gasteiger partial charge in [0.2, 0.25) is 5.91 Å². The molecule has 22 heavy (non-hydrogen) atoms. The minimum Gasteiger partial charge on any atom is -0.337 e. The molecule has 2 rings (SSSR count). The minimum atomic E-state index is 0.173. The first-order chi connectivity index (χ1) is 10.5. The maximum absolute atomic E-state index is 12.4. The molecule has 0 N–H and O–H groups in total. The number of hydrogen-bond acceptors (Lipinski definition) is 4. The number of thiazole rings is 1. The highest BCUT2D eigenvalue weighted by Crippen LogP contribution is 2.28. The molecule has 0 aliphatic carbocycles. The fourth-order valence-corrected chi connectivity index (χ4v) is 4.14. The molecule has 0 fully saturated rings. The van der Waals surface area contributed by atoms with Crippen molar-refractivity contribution in [2.45, 2.75) is 44.1 Å². The van der Waals surface area contributed by atoms with Crippen molar-refractivity contribution >= 4 is 29.0 Å². The molecule has 3 nitrogen and oxygen atoms in total. The lowest BCUT2D eigenvalue weighted by atomic mass is 10.2. The van der Waals surface area contributed by atoms with Gasteiger partial charge in [0.05, 0.1) is 11.4 Å². The van der Waals surface area contributed by atoms with Crippen molar-refractivity contribution in [3.8, 4) is 11.3 Å². The Morgan fingerprint density at radius 3 is 2.41 bits per heavy atom. The number of aromatic nitrogens is 1. The number of rotatable bonds is 6. The smallest absolute Gasteiger partial charge is 0.233 e. The van der Waals surface area contributed by atoms with Gasteiger partial charge in [-0.25, -0.2) is 4.98 Å². The maximum atomic E-state index is 12.4. The third kappa shape index (κ3) is 4.34. The average molecular weight is 335 g/mol. The number of thioether (sulfide) groups is 1. The van der Waals surface area contributed by atoms with Crippen molar-refractivity contribution < 1.29 is 4.79 Å². The SMILES string of the molecule is CC(C)N(C(=O)CSc1nc(-c2ccccc2)cs1)C(C)C. The van der Waals surface area contributed by atoms with Gasteiger partial charge in [0, 0.05) is 23.0 Å². The predicted molar refractivity (Wildman–Crippen MR) is 95.4 cm³/mol.